The summed E-state index contributed by atoms with van der Waals surface area (Å²) in [5, 5.41) is 3.16. The highest BCUT2D eigenvalue weighted by Crippen LogP contribution is 2.28. The van der Waals surface area contributed by atoms with Crippen molar-refractivity contribution < 1.29 is 9.53 Å². The molecule has 3 rings (SSSR count). The highest BCUT2D eigenvalue weighted by molar-refractivity contribution is 9.10. The molecule has 0 aliphatic heterocycles. The monoisotopic (exact) mass is 399 g/mol. The molecule has 25 heavy (non-hydrogen) atoms. The zero-order valence-electron chi connectivity index (χ0n) is 14.0. The second-order valence-electron chi connectivity index (χ2n) is 5.61. The minimum atomic E-state index is -0.388. The van der Waals surface area contributed by atoms with Crippen LogP contribution >= 0.6 is 15.9 Å². The summed E-state index contributed by atoms with van der Waals surface area (Å²) in [6.45, 7) is 0.921. The first-order valence-corrected chi connectivity index (χ1v) is 8.71. The van der Waals surface area contributed by atoms with Gasteiger partial charge < -0.3 is 10.1 Å². The van der Waals surface area contributed by atoms with Crippen LogP contribution in [0.25, 0.3) is 22.3 Å². The van der Waals surface area contributed by atoms with Crippen LogP contribution in [0, 0.1) is 0 Å². The SMILES string of the molecule is CNCCc1cccc(-c2nc3ccc(C(=O)OC)cc3nc2Br)c1. The molecule has 2 aromatic carbocycles. The lowest BCUT2D eigenvalue weighted by molar-refractivity contribution is 0.0601. The van der Waals surface area contributed by atoms with E-state index in [1.54, 1.807) is 18.2 Å². The van der Waals surface area contributed by atoms with Gasteiger partial charge in [0.1, 0.15) is 10.3 Å². The van der Waals surface area contributed by atoms with E-state index in [1.165, 1.54) is 12.7 Å². The molecule has 0 saturated heterocycles. The number of carbonyl (C=O) groups is 1. The Bertz CT molecular complexity index is 928. The molecule has 1 aromatic heterocycles. The van der Waals surface area contributed by atoms with Crippen LogP contribution in [0.1, 0.15) is 15.9 Å². The number of fused-ring (bicyclic) bond motifs is 1. The van der Waals surface area contributed by atoms with E-state index >= 15 is 0 Å². The van der Waals surface area contributed by atoms with Gasteiger partial charge in [0.15, 0.2) is 0 Å². The topological polar surface area (TPSA) is 64.1 Å². The summed E-state index contributed by atoms with van der Waals surface area (Å²) in [6, 6.07) is 13.4. The summed E-state index contributed by atoms with van der Waals surface area (Å²) in [5.41, 5.74) is 4.85. The molecule has 0 aliphatic carbocycles. The minimum absolute atomic E-state index is 0.388. The number of likely N-dealkylation sites (N-methyl/N-ethyl adjacent to an activating group) is 1. The van der Waals surface area contributed by atoms with Crippen molar-refractivity contribution in [2.75, 3.05) is 20.7 Å². The predicted octanol–water partition coefficient (Wildman–Crippen LogP) is 3.61. The zero-order valence-corrected chi connectivity index (χ0v) is 15.6. The van der Waals surface area contributed by atoms with Crippen LogP contribution in [0.4, 0.5) is 0 Å². The number of carbonyl (C=O) groups excluding carboxylic acids is 1. The van der Waals surface area contributed by atoms with E-state index in [2.05, 4.69) is 38.4 Å². The molecule has 0 spiro atoms. The van der Waals surface area contributed by atoms with Gasteiger partial charge in [-0.15, -0.1) is 0 Å². The van der Waals surface area contributed by atoms with Crippen LogP contribution in [-0.2, 0) is 11.2 Å². The van der Waals surface area contributed by atoms with E-state index in [0.29, 0.717) is 15.7 Å². The second kappa shape index (κ2) is 7.72. The summed E-state index contributed by atoms with van der Waals surface area (Å²) in [6.07, 6.45) is 0.950. The molecular formula is C19H18BrN3O2. The average molecular weight is 400 g/mol. The molecule has 0 radical (unpaired) electrons. The van der Waals surface area contributed by atoms with Crippen LogP contribution in [0.2, 0.25) is 0 Å². The fraction of sp³-hybridized carbons (Fsp3) is 0.211. The third-order valence-electron chi connectivity index (χ3n) is 3.91. The van der Waals surface area contributed by atoms with E-state index in [9.17, 15) is 4.79 Å². The largest absolute Gasteiger partial charge is 0.465 e. The molecule has 0 atom stereocenters. The Kier molecular flexibility index (Phi) is 5.40. The van der Waals surface area contributed by atoms with E-state index in [1.807, 2.05) is 19.2 Å². The van der Waals surface area contributed by atoms with E-state index in [-0.39, 0.29) is 5.97 Å². The van der Waals surface area contributed by atoms with Crippen LogP contribution in [0.15, 0.2) is 47.1 Å². The van der Waals surface area contributed by atoms with Gasteiger partial charge in [0.2, 0.25) is 0 Å². The van der Waals surface area contributed by atoms with Gasteiger partial charge >= 0.3 is 5.97 Å². The molecule has 3 aromatic rings. The molecule has 6 heteroatoms. The van der Waals surface area contributed by atoms with Crippen molar-refractivity contribution in [3.63, 3.8) is 0 Å². The van der Waals surface area contributed by atoms with E-state index in [0.717, 1.165) is 29.7 Å². The van der Waals surface area contributed by atoms with Crippen LogP contribution < -0.4 is 5.32 Å². The highest BCUT2D eigenvalue weighted by atomic mass is 79.9. The molecule has 0 bridgehead atoms. The van der Waals surface area contributed by atoms with Gasteiger partial charge in [-0.25, -0.2) is 14.8 Å². The highest BCUT2D eigenvalue weighted by Gasteiger charge is 2.12. The number of esters is 1. The van der Waals surface area contributed by atoms with Crippen molar-refractivity contribution in [3.05, 3.63) is 58.2 Å². The quantitative estimate of drug-likeness (QED) is 0.663. The van der Waals surface area contributed by atoms with Gasteiger partial charge in [-0.2, -0.15) is 0 Å². The Balaban J connectivity index is 2.02. The number of ether oxygens (including phenoxy) is 1. The van der Waals surface area contributed by atoms with Crippen molar-refractivity contribution >= 4 is 32.9 Å². The molecule has 0 unspecified atom stereocenters. The lowest BCUT2D eigenvalue weighted by Crippen LogP contribution is -2.10. The molecular weight excluding hydrogens is 382 g/mol. The van der Waals surface area contributed by atoms with E-state index < -0.39 is 0 Å². The average Bonchev–Trinajstić information content (AvgIpc) is 2.64. The van der Waals surface area contributed by atoms with Gasteiger partial charge in [-0.3, -0.25) is 0 Å². The number of nitrogens with one attached hydrogen (secondary N) is 1. The number of benzene rings is 2. The Hall–Kier alpha value is -2.31. The third-order valence-corrected chi connectivity index (χ3v) is 4.46. The Labute approximate surface area is 154 Å². The molecule has 0 saturated carbocycles. The number of aromatic nitrogens is 2. The molecule has 0 amide bonds. The number of nitrogens with zero attached hydrogens (tertiary/aromatic N) is 2. The maximum absolute atomic E-state index is 11.7. The summed E-state index contributed by atoms with van der Waals surface area (Å²) in [4.78, 5) is 20.9. The standard InChI is InChI=1S/C19H18BrN3O2/c1-21-9-8-12-4-3-5-13(10-12)17-18(20)23-16-11-14(19(24)25-2)6-7-15(16)22-17/h3-7,10-11,21H,8-9H2,1-2H3. The fourth-order valence-corrected chi connectivity index (χ4v) is 3.11. The summed E-state index contributed by atoms with van der Waals surface area (Å²) < 4.78 is 5.40. The maximum atomic E-state index is 11.7. The second-order valence-corrected chi connectivity index (χ2v) is 6.36. The molecule has 1 N–H and O–H groups in total. The first-order chi connectivity index (χ1) is 12.1. The van der Waals surface area contributed by atoms with Crippen LogP contribution in [-0.4, -0.2) is 36.6 Å². The number of rotatable bonds is 5. The summed E-state index contributed by atoms with van der Waals surface area (Å²) in [7, 11) is 3.30. The summed E-state index contributed by atoms with van der Waals surface area (Å²) >= 11 is 3.51. The zero-order chi connectivity index (χ0) is 17.8. The Morgan fingerprint density at radius 1 is 1.16 bits per heavy atom. The first kappa shape index (κ1) is 17.5. The van der Waals surface area contributed by atoms with Crippen molar-refractivity contribution in [1.82, 2.24) is 15.3 Å². The minimum Gasteiger partial charge on any atom is -0.465 e. The van der Waals surface area contributed by atoms with Crippen molar-refractivity contribution in [2.45, 2.75) is 6.42 Å². The van der Waals surface area contributed by atoms with Gasteiger partial charge in [-0.05, 0) is 65.8 Å². The van der Waals surface area contributed by atoms with Crippen molar-refractivity contribution in [2.24, 2.45) is 0 Å². The molecule has 0 fully saturated rings. The van der Waals surface area contributed by atoms with Crippen LogP contribution in [0.5, 0.6) is 0 Å². The van der Waals surface area contributed by atoms with Gasteiger partial charge in [0, 0.05) is 5.56 Å². The first-order valence-electron chi connectivity index (χ1n) is 7.92. The van der Waals surface area contributed by atoms with Gasteiger partial charge in [-0.1, -0.05) is 18.2 Å². The van der Waals surface area contributed by atoms with E-state index in [4.69, 9.17) is 9.72 Å². The Morgan fingerprint density at radius 2 is 2.00 bits per heavy atom. The molecule has 1 heterocycles. The molecule has 128 valence electrons. The lowest BCUT2D eigenvalue weighted by atomic mass is 10.1. The number of methoxy groups -OCH3 is 1. The number of hydrogen-bond acceptors (Lipinski definition) is 5. The Morgan fingerprint density at radius 3 is 2.76 bits per heavy atom. The van der Waals surface area contributed by atoms with Crippen molar-refractivity contribution in [3.8, 4) is 11.3 Å². The fourth-order valence-electron chi connectivity index (χ4n) is 2.60. The number of halogens is 1. The summed E-state index contributed by atoms with van der Waals surface area (Å²) in [5.74, 6) is -0.388. The number of hydrogen-bond donors (Lipinski definition) is 1. The molecule has 0 aliphatic rings. The third kappa shape index (κ3) is 3.86. The van der Waals surface area contributed by atoms with Gasteiger partial charge in [0.25, 0.3) is 0 Å². The van der Waals surface area contributed by atoms with Gasteiger partial charge in [0.05, 0.1) is 23.7 Å². The normalized spacial score (nSPS) is 10.8. The predicted molar refractivity (Wildman–Crippen MR) is 102 cm³/mol. The lowest BCUT2D eigenvalue weighted by Gasteiger charge is -2.08. The molecule has 5 nitrogen and oxygen atoms in total. The smallest absolute Gasteiger partial charge is 0.337 e. The van der Waals surface area contributed by atoms with Crippen LogP contribution in [0.3, 0.4) is 0 Å². The van der Waals surface area contributed by atoms with Crippen molar-refractivity contribution in [1.29, 1.82) is 0 Å². The maximum Gasteiger partial charge on any atom is 0.337 e.